The van der Waals surface area contributed by atoms with Gasteiger partial charge in [-0.3, -0.25) is 4.90 Å². The van der Waals surface area contributed by atoms with Crippen molar-refractivity contribution in [1.29, 1.82) is 0 Å². The number of rotatable bonds is 5. The maximum Gasteiger partial charge on any atom is 0.338 e. The number of allylic oxidation sites excluding steroid dienone is 1. The SMILES string of the molecule is CCOC(=O)C1=C(C)N(c2cccc(C)c2)C(=S)NC1c1ccccc1OC. The Morgan fingerprint density at radius 1 is 1.18 bits per heavy atom. The van der Waals surface area contributed by atoms with Crippen LogP contribution in [0.15, 0.2) is 59.8 Å². The van der Waals surface area contributed by atoms with E-state index in [9.17, 15) is 4.79 Å². The van der Waals surface area contributed by atoms with Crippen molar-refractivity contribution in [3.63, 3.8) is 0 Å². The lowest BCUT2D eigenvalue weighted by molar-refractivity contribution is -0.139. The first kappa shape index (κ1) is 19.9. The van der Waals surface area contributed by atoms with E-state index in [2.05, 4.69) is 5.32 Å². The van der Waals surface area contributed by atoms with Gasteiger partial charge in [-0.15, -0.1) is 0 Å². The monoisotopic (exact) mass is 396 g/mol. The highest BCUT2D eigenvalue weighted by Gasteiger charge is 2.36. The summed E-state index contributed by atoms with van der Waals surface area (Å²) in [6, 6.07) is 15.1. The van der Waals surface area contributed by atoms with E-state index < -0.39 is 6.04 Å². The van der Waals surface area contributed by atoms with E-state index in [1.165, 1.54) is 0 Å². The number of nitrogens with zero attached hydrogens (tertiary/aromatic N) is 1. The fourth-order valence-corrected chi connectivity index (χ4v) is 3.79. The number of carbonyl (C=O) groups excluding carboxylic acids is 1. The quantitative estimate of drug-likeness (QED) is 0.601. The molecular weight excluding hydrogens is 372 g/mol. The number of esters is 1. The minimum atomic E-state index is -0.455. The predicted octanol–water partition coefficient (Wildman–Crippen LogP) is 4.28. The van der Waals surface area contributed by atoms with Crippen molar-refractivity contribution in [2.24, 2.45) is 0 Å². The number of aryl methyl sites for hydroxylation is 1. The second kappa shape index (κ2) is 8.44. The van der Waals surface area contributed by atoms with Crippen molar-refractivity contribution >= 4 is 29.0 Å². The molecule has 1 heterocycles. The van der Waals surface area contributed by atoms with Crippen LogP contribution >= 0.6 is 12.2 Å². The number of methoxy groups -OCH3 is 1. The van der Waals surface area contributed by atoms with Gasteiger partial charge in [0.15, 0.2) is 5.11 Å². The number of nitrogens with one attached hydrogen (secondary N) is 1. The molecule has 0 saturated carbocycles. The van der Waals surface area contributed by atoms with Crippen molar-refractivity contribution in [3.05, 3.63) is 70.9 Å². The Labute approximate surface area is 170 Å². The summed E-state index contributed by atoms with van der Waals surface area (Å²) < 4.78 is 10.9. The molecule has 5 nitrogen and oxygen atoms in total. The van der Waals surface area contributed by atoms with Crippen LogP contribution in [0.2, 0.25) is 0 Å². The molecule has 1 N–H and O–H groups in total. The van der Waals surface area contributed by atoms with Gasteiger partial charge >= 0.3 is 5.97 Å². The highest BCUT2D eigenvalue weighted by molar-refractivity contribution is 7.80. The molecule has 0 spiro atoms. The third kappa shape index (κ3) is 3.73. The summed E-state index contributed by atoms with van der Waals surface area (Å²) in [4.78, 5) is 14.8. The Morgan fingerprint density at radius 3 is 2.61 bits per heavy atom. The number of anilines is 1. The molecule has 0 amide bonds. The predicted molar refractivity (Wildman–Crippen MR) is 114 cm³/mol. The topological polar surface area (TPSA) is 50.8 Å². The van der Waals surface area contributed by atoms with Crippen LogP contribution in [-0.4, -0.2) is 24.8 Å². The zero-order valence-electron chi connectivity index (χ0n) is 16.5. The number of para-hydroxylation sites is 1. The van der Waals surface area contributed by atoms with Crippen LogP contribution in [0.4, 0.5) is 5.69 Å². The van der Waals surface area contributed by atoms with Gasteiger partial charge in [0.25, 0.3) is 0 Å². The molecule has 0 bridgehead atoms. The highest BCUT2D eigenvalue weighted by atomic mass is 32.1. The minimum Gasteiger partial charge on any atom is -0.496 e. The number of hydrogen-bond donors (Lipinski definition) is 1. The summed E-state index contributed by atoms with van der Waals surface area (Å²) in [5.74, 6) is 0.310. The number of thiocarbonyl (C=S) groups is 1. The summed E-state index contributed by atoms with van der Waals surface area (Å²) in [5.41, 5.74) is 4.09. The summed E-state index contributed by atoms with van der Waals surface area (Å²) in [7, 11) is 1.61. The van der Waals surface area contributed by atoms with Gasteiger partial charge in [-0.05, 0) is 56.8 Å². The van der Waals surface area contributed by atoms with Crippen LogP contribution in [0, 0.1) is 6.92 Å². The third-order valence-corrected chi connectivity index (χ3v) is 4.99. The third-order valence-electron chi connectivity index (χ3n) is 4.69. The fourth-order valence-electron chi connectivity index (χ4n) is 3.43. The number of ether oxygens (including phenoxy) is 2. The maximum absolute atomic E-state index is 12.9. The van der Waals surface area contributed by atoms with Gasteiger partial charge in [-0.1, -0.05) is 30.3 Å². The van der Waals surface area contributed by atoms with Gasteiger partial charge in [0.1, 0.15) is 5.75 Å². The van der Waals surface area contributed by atoms with Gasteiger partial charge in [-0.25, -0.2) is 4.79 Å². The molecule has 2 aromatic rings. The molecule has 3 rings (SSSR count). The van der Waals surface area contributed by atoms with Crippen LogP contribution in [0.3, 0.4) is 0 Å². The van der Waals surface area contributed by atoms with Crippen LogP contribution in [0.1, 0.15) is 31.0 Å². The molecule has 1 aliphatic heterocycles. The Hall–Kier alpha value is -2.86. The molecule has 0 radical (unpaired) electrons. The van der Waals surface area contributed by atoms with E-state index in [0.717, 1.165) is 22.5 Å². The molecule has 0 fully saturated rings. The van der Waals surface area contributed by atoms with E-state index in [1.54, 1.807) is 14.0 Å². The largest absolute Gasteiger partial charge is 0.496 e. The second-order valence-corrected chi connectivity index (χ2v) is 6.91. The molecule has 6 heteroatoms. The molecular formula is C22H24N2O3S. The van der Waals surface area contributed by atoms with Gasteiger partial charge in [-0.2, -0.15) is 0 Å². The van der Waals surface area contributed by atoms with Crippen LogP contribution < -0.4 is 15.0 Å². The van der Waals surface area contributed by atoms with Gasteiger partial charge in [0, 0.05) is 16.9 Å². The number of benzene rings is 2. The molecule has 0 aromatic heterocycles. The van der Waals surface area contributed by atoms with E-state index in [1.807, 2.05) is 67.3 Å². The van der Waals surface area contributed by atoms with Crippen molar-refractivity contribution < 1.29 is 14.3 Å². The number of hydrogen-bond acceptors (Lipinski definition) is 4. The van der Waals surface area contributed by atoms with Crippen molar-refractivity contribution in [3.8, 4) is 5.75 Å². The maximum atomic E-state index is 12.9. The Morgan fingerprint density at radius 2 is 1.93 bits per heavy atom. The summed E-state index contributed by atoms with van der Waals surface area (Å²) in [5, 5.41) is 3.83. The average Bonchev–Trinajstić information content (AvgIpc) is 2.67. The van der Waals surface area contributed by atoms with Gasteiger partial charge in [0.05, 0.1) is 25.3 Å². The van der Waals surface area contributed by atoms with Crippen LogP contribution in [-0.2, 0) is 9.53 Å². The molecule has 1 unspecified atom stereocenters. The van der Waals surface area contributed by atoms with Gasteiger partial charge < -0.3 is 14.8 Å². The first-order chi connectivity index (χ1) is 13.5. The lowest BCUT2D eigenvalue weighted by atomic mass is 9.94. The number of carbonyl (C=O) groups is 1. The lowest BCUT2D eigenvalue weighted by Gasteiger charge is -2.38. The highest BCUT2D eigenvalue weighted by Crippen LogP contribution is 2.37. The van der Waals surface area contributed by atoms with Crippen molar-refractivity contribution in [2.45, 2.75) is 26.8 Å². The second-order valence-electron chi connectivity index (χ2n) is 6.52. The van der Waals surface area contributed by atoms with E-state index in [-0.39, 0.29) is 5.97 Å². The van der Waals surface area contributed by atoms with E-state index >= 15 is 0 Å². The standard InChI is InChI=1S/C22H24N2O3S/c1-5-27-21(25)19-15(3)24(16-10-8-9-14(2)13-16)22(28)23-20(19)17-11-6-7-12-18(17)26-4/h6-13,20H,5H2,1-4H3,(H,23,28). The normalized spacial score (nSPS) is 16.6. The Kier molecular flexibility index (Phi) is 5.99. The average molecular weight is 397 g/mol. The zero-order chi connectivity index (χ0) is 20.3. The van der Waals surface area contributed by atoms with Crippen molar-refractivity contribution in [1.82, 2.24) is 5.32 Å². The lowest BCUT2D eigenvalue weighted by Crippen LogP contribution is -2.48. The van der Waals surface area contributed by atoms with Crippen molar-refractivity contribution in [2.75, 3.05) is 18.6 Å². The summed E-state index contributed by atoms with van der Waals surface area (Å²) >= 11 is 5.68. The molecule has 146 valence electrons. The molecule has 0 aliphatic carbocycles. The van der Waals surface area contributed by atoms with Gasteiger partial charge in [0.2, 0.25) is 0 Å². The molecule has 28 heavy (non-hydrogen) atoms. The Balaban J connectivity index is 2.17. The molecule has 0 saturated heterocycles. The first-order valence-corrected chi connectivity index (χ1v) is 9.56. The van der Waals surface area contributed by atoms with E-state index in [4.69, 9.17) is 21.7 Å². The molecule has 1 aliphatic rings. The zero-order valence-corrected chi connectivity index (χ0v) is 17.3. The minimum absolute atomic E-state index is 0.295. The van der Waals surface area contributed by atoms with Crippen LogP contribution in [0.25, 0.3) is 0 Å². The van der Waals surface area contributed by atoms with Crippen LogP contribution in [0.5, 0.6) is 5.75 Å². The smallest absolute Gasteiger partial charge is 0.338 e. The first-order valence-electron chi connectivity index (χ1n) is 9.16. The summed E-state index contributed by atoms with van der Waals surface area (Å²) in [6.07, 6.45) is 0. The fraction of sp³-hybridized carbons (Fsp3) is 0.273. The van der Waals surface area contributed by atoms with E-state index in [0.29, 0.717) is 23.0 Å². The molecule has 1 atom stereocenters. The summed E-state index contributed by atoms with van der Waals surface area (Å²) in [6.45, 7) is 6.01. The Bertz CT molecular complexity index is 939. The molecule has 2 aromatic carbocycles.